The van der Waals surface area contributed by atoms with Crippen molar-refractivity contribution in [2.24, 2.45) is 28.8 Å². The largest absolute Gasteiger partial charge is 0.477 e. The van der Waals surface area contributed by atoms with Gasteiger partial charge in [-0.1, -0.05) is 38.9 Å². The molecule has 3 aliphatic rings. The van der Waals surface area contributed by atoms with Gasteiger partial charge in [-0.2, -0.15) is 8.42 Å². The van der Waals surface area contributed by atoms with Crippen LogP contribution in [0, 0.1) is 23.7 Å². The number of carboxylic acids is 1. The molecule has 6 N–H and O–H groups in total. The van der Waals surface area contributed by atoms with Crippen LogP contribution in [0.4, 0.5) is 0 Å². The van der Waals surface area contributed by atoms with Gasteiger partial charge >= 0.3 is 11.9 Å². The smallest absolute Gasteiger partial charge is 0.341 e. The fourth-order valence-corrected chi connectivity index (χ4v) is 13.3. The molecule has 1 aromatic heterocycles. The van der Waals surface area contributed by atoms with Gasteiger partial charge in [-0.15, -0.1) is 0 Å². The minimum absolute atomic E-state index is 0.0294. The van der Waals surface area contributed by atoms with Crippen molar-refractivity contribution in [1.29, 1.82) is 0 Å². The second-order valence-corrected chi connectivity index (χ2v) is 25.7. The molecular formula is C59H98N4O21S. The molecule has 5 rings (SSSR count). The van der Waals surface area contributed by atoms with Crippen LogP contribution in [0.2, 0.25) is 0 Å². The van der Waals surface area contributed by atoms with Gasteiger partial charge in [0.05, 0.1) is 91.0 Å². The number of fused-ring (bicyclic) bond motifs is 1. The van der Waals surface area contributed by atoms with Gasteiger partial charge in [-0.25, -0.2) is 4.79 Å². The molecule has 26 heteroatoms. The van der Waals surface area contributed by atoms with Gasteiger partial charge in [0.2, 0.25) is 12.2 Å². The minimum Gasteiger partial charge on any atom is -0.477 e. The van der Waals surface area contributed by atoms with Crippen LogP contribution in [0.3, 0.4) is 0 Å². The third kappa shape index (κ3) is 18.4. The van der Waals surface area contributed by atoms with Crippen LogP contribution in [-0.4, -0.2) is 226 Å². The summed E-state index contributed by atoms with van der Waals surface area (Å²) in [5.74, 6) is -6.24. The lowest BCUT2D eigenvalue weighted by Crippen LogP contribution is -2.61. The molecule has 0 aliphatic carbocycles. The number of esters is 1. The zero-order valence-electron chi connectivity index (χ0n) is 52.4. The highest BCUT2D eigenvalue weighted by atomic mass is 32.2. The van der Waals surface area contributed by atoms with E-state index in [0.29, 0.717) is 43.4 Å². The number of carbonyl (C=O) groups excluding carboxylic acids is 1. The number of likely N-dealkylation sites (N-methyl/N-ethyl adjacent to an activating group) is 1. The van der Waals surface area contributed by atoms with Crippen LogP contribution in [0.5, 0.6) is 0 Å². The van der Waals surface area contributed by atoms with E-state index >= 15 is 0 Å². The number of nitrogens with one attached hydrogen (secondary N) is 1. The summed E-state index contributed by atoms with van der Waals surface area (Å²) in [5, 5.41) is 66.0. The van der Waals surface area contributed by atoms with E-state index in [4.69, 9.17) is 51.7 Å². The number of aliphatic hydroxyl groups is 4. The zero-order chi connectivity index (χ0) is 63.4. The standard InChI is InChI=1S/C59H98N4O21S/c1-16-45-59(11,71)51(66)36(5)47(61-78-33-74-14)34(3)30-57(9,70)52(83-56-49(65)44(62(12)13)28-35(4)79-56)37(6)50(38(7)55(69)81-45)82-46-31-58(10,75-15)53(39(8)80-46)84-85(72,73)27-22-60-21-24-77-26-25-76-23-20-40-18-19-43-41(29-40)48(64)42(54(67)68)32-63(43)17-2/h18-19,29,32,34-39,44-46,49-53,56,60,65-66,70-71H,16-17,20-28,30-31,33H2,1-15H3,(H,67,68)/b61-47+/t34-,35-,36+,37-,38+,39-,44+,45-,46+,49+,50-,51-,52-,53+,56+,57+,58-,59+/m0/s1. The van der Waals surface area contributed by atoms with E-state index in [9.17, 15) is 48.3 Å². The lowest BCUT2D eigenvalue weighted by atomic mass is 9.73. The molecule has 3 aliphatic heterocycles. The Morgan fingerprint density at radius 2 is 1.59 bits per heavy atom. The predicted octanol–water partition coefficient (Wildman–Crippen LogP) is 3.45. The van der Waals surface area contributed by atoms with Gasteiger partial charge < -0.3 is 87.8 Å². The second kappa shape index (κ2) is 31.6. The first kappa shape index (κ1) is 71.9. The first-order chi connectivity index (χ1) is 39.9. The van der Waals surface area contributed by atoms with Crippen LogP contribution in [0.15, 0.2) is 34.3 Å². The molecule has 486 valence electrons. The van der Waals surface area contributed by atoms with Gasteiger partial charge in [0, 0.05) is 75.7 Å². The van der Waals surface area contributed by atoms with Crippen molar-refractivity contribution in [3.05, 3.63) is 45.7 Å². The number of cyclic esters (lactones) is 1. The number of benzene rings is 1. The zero-order valence-corrected chi connectivity index (χ0v) is 53.2. The molecular weight excluding hydrogens is 1130 g/mol. The van der Waals surface area contributed by atoms with Crippen molar-refractivity contribution in [2.75, 3.05) is 80.4 Å². The molecule has 0 saturated carbocycles. The van der Waals surface area contributed by atoms with Crippen molar-refractivity contribution in [3.63, 3.8) is 0 Å². The number of oxime groups is 1. The maximum atomic E-state index is 14.7. The molecule has 3 fully saturated rings. The van der Waals surface area contributed by atoms with E-state index in [0.717, 1.165) is 5.56 Å². The van der Waals surface area contributed by atoms with E-state index in [-0.39, 0.29) is 69.8 Å². The molecule has 2 aromatic rings. The lowest BCUT2D eigenvalue weighted by Gasteiger charge is -2.49. The first-order valence-electron chi connectivity index (χ1n) is 29.6. The monoisotopic (exact) mass is 1230 g/mol. The predicted molar refractivity (Wildman–Crippen MR) is 313 cm³/mol. The summed E-state index contributed by atoms with van der Waals surface area (Å²) in [6.07, 6.45) is -9.29. The summed E-state index contributed by atoms with van der Waals surface area (Å²) in [5.41, 5.74) is -4.33. The van der Waals surface area contributed by atoms with Crippen LogP contribution in [-0.2, 0) is 79.5 Å². The minimum atomic E-state index is -4.21. The third-order valence-corrected chi connectivity index (χ3v) is 18.2. The molecule has 0 radical (unpaired) electrons. The number of ether oxygens (including phenoxy) is 9. The molecule has 4 heterocycles. The summed E-state index contributed by atoms with van der Waals surface area (Å²) in [4.78, 5) is 46.5. The number of carbonyl (C=O) groups is 2. The van der Waals surface area contributed by atoms with Gasteiger partial charge in [0.15, 0.2) is 12.6 Å². The number of rotatable bonds is 26. The second-order valence-electron chi connectivity index (χ2n) is 24.0. The molecule has 1 aromatic carbocycles. The van der Waals surface area contributed by atoms with E-state index in [1.54, 1.807) is 72.1 Å². The van der Waals surface area contributed by atoms with Crippen LogP contribution < -0.4 is 10.7 Å². The number of aromatic nitrogens is 1. The maximum Gasteiger partial charge on any atom is 0.341 e. The molecule has 85 heavy (non-hydrogen) atoms. The lowest BCUT2D eigenvalue weighted by molar-refractivity contribution is -0.316. The van der Waals surface area contributed by atoms with Crippen molar-refractivity contribution >= 4 is 38.7 Å². The fraction of sp³-hybridized carbons (Fsp3) is 0.797. The number of hydrogen-bond donors (Lipinski definition) is 6. The maximum absolute atomic E-state index is 14.7. The average molecular weight is 1230 g/mol. The number of hydrogen-bond acceptors (Lipinski definition) is 23. The Kier molecular flexibility index (Phi) is 26.7. The summed E-state index contributed by atoms with van der Waals surface area (Å²) >= 11 is 0. The number of nitrogens with zero attached hydrogens (tertiary/aromatic N) is 3. The normalized spacial score (nSPS) is 35.2. The summed E-state index contributed by atoms with van der Waals surface area (Å²) in [6.45, 7) is 20.1. The highest BCUT2D eigenvalue weighted by molar-refractivity contribution is 7.86. The SMILES string of the molecule is CC[C@@H]1OC(=O)[C@H](C)[C@@H](O[C@@H]2C[C@](C)(OC)[C@H](OS(=O)(=O)CCNCCOCCOCCc3ccc4c(c3)c(=O)c(C(=O)O)cn4CC)[C@H](C)O2)[C@H](C)[C@H](O[C@H]2O[C@@H](C)C[C@@H](N(C)C)[C@H]2O)[C@](C)(O)C[C@H](C)/C(=N\OCOC)[C@@H](C)[C@H](O)[C@]1(C)O. The van der Waals surface area contributed by atoms with Crippen LogP contribution in [0.25, 0.3) is 10.9 Å². The number of carboxylic acid groups (broad SMARTS) is 1. The molecule has 3 saturated heterocycles. The highest BCUT2D eigenvalue weighted by Crippen LogP contribution is 2.42. The van der Waals surface area contributed by atoms with Crippen LogP contribution in [0.1, 0.15) is 118 Å². The molecule has 18 atom stereocenters. The molecule has 0 spiro atoms. The van der Waals surface area contributed by atoms with E-state index in [1.165, 1.54) is 27.3 Å². The Hall–Kier alpha value is -3.81. The van der Waals surface area contributed by atoms with Gasteiger partial charge in [0.1, 0.15) is 29.5 Å². The van der Waals surface area contributed by atoms with Crippen molar-refractivity contribution in [3.8, 4) is 0 Å². The highest BCUT2D eigenvalue weighted by Gasteiger charge is 2.54. The first-order valence-corrected chi connectivity index (χ1v) is 31.2. The average Bonchev–Trinajstić information content (AvgIpc) is 2.51. The number of aromatic carboxylic acids is 1. The van der Waals surface area contributed by atoms with E-state index in [1.807, 2.05) is 38.9 Å². The number of methoxy groups -OCH3 is 2. The Morgan fingerprint density at radius 1 is 0.906 bits per heavy atom. The Bertz CT molecular complexity index is 2670. The van der Waals surface area contributed by atoms with Gasteiger partial charge in [-0.3, -0.25) is 13.8 Å². The van der Waals surface area contributed by atoms with Gasteiger partial charge in [-0.05, 0) is 106 Å². The summed E-state index contributed by atoms with van der Waals surface area (Å²) in [7, 11) is 2.29. The quantitative estimate of drug-likeness (QED) is 0.0258. The molecule has 0 unspecified atom stereocenters. The van der Waals surface area contributed by atoms with Crippen molar-refractivity contribution < 1.29 is 95.2 Å². The Balaban J connectivity index is 1.27. The topological polar surface area (TPSA) is 321 Å². The van der Waals surface area contributed by atoms with Gasteiger partial charge in [0.25, 0.3) is 10.1 Å². The number of aliphatic hydroxyl groups excluding tert-OH is 2. The van der Waals surface area contributed by atoms with E-state index < -0.39 is 135 Å². The molecule has 0 amide bonds. The Morgan fingerprint density at radius 3 is 2.21 bits per heavy atom. The third-order valence-electron chi connectivity index (χ3n) is 17.0. The van der Waals surface area contributed by atoms with Crippen molar-refractivity contribution in [2.45, 2.75) is 199 Å². The number of pyridine rings is 1. The fourth-order valence-electron chi connectivity index (χ4n) is 12.1. The molecule has 0 bridgehead atoms. The van der Waals surface area contributed by atoms with E-state index in [2.05, 4.69) is 10.5 Å². The summed E-state index contributed by atoms with van der Waals surface area (Å²) < 4.78 is 89.9. The number of aryl methyl sites for hydroxylation is 1. The summed E-state index contributed by atoms with van der Waals surface area (Å²) in [6, 6.07) is 4.99. The van der Waals surface area contributed by atoms with Crippen molar-refractivity contribution in [1.82, 2.24) is 14.8 Å². The Labute approximate surface area is 500 Å². The molecule has 25 nitrogen and oxygen atoms in total. The van der Waals surface area contributed by atoms with Crippen LogP contribution >= 0.6 is 0 Å².